The first kappa shape index (κ1) is 14.3. The van der Waals surface area contributed by atoms with Crippen LogP contribution in [0.4, 0.5) is 0 Å². The summed E-state index contributed by atoms with van der Waals surface area (Å²) in [5, 5.41) is 2.71. The van der Waals surface area contributed by atoms with Crippen LogP contribution >= 0.6 is 0 Å². The van der Waals surface area contributed by atoms with E-state index in [9.17, 15) is 14.4 Å². The Kier molecular flexibility index (Phi) is 3.44. The molecule has 0 aliphatic carbocycles. The van der Waals surface area contributed by atoms with Gasteiger partial charge in [-0.3, -0.25) is 19.0 Å². The molecule has 2 aromatic heterocycles. The average molecular weight is 304 g/mol. The Labute approximate surface area is 125 Å². The first-order valence-corrected chi connectivity index (χ1v) is 6.97. The number of aromatic nitrogens is 3. The largest absolute Gasteiger partial charge is 0.460 e. The van der Waals surface area contributed by atoms with Gasteiger partial charge in [0.1, 0.15) is 18.2 Å². The zero-order valence-corrected chi connectivity index (χ0v) is 12.3. The number of H-pyrrole nitrogens is 1. The summed E-state index contributed by atoms with van der Waals surface area (Å²) in [4.78, 5) is 42.5. The van der Waals surface area contributed by atoms with Crippen molar-refractivity contribution in [3.8, 4) is 0 Å². The summed E-state index contributed by atoms with van der Waals surface area (Å²) >= 11 is 0. The lowest BCUT2D eigenvalue weighted by Crippen LogP contribution is -2.42. The van der Waals surface area contributed by atoms with Crippen LogP contribution in [-0.2, 0) is 20.9 Å². The predicted molar refractivity (Wildman–Crippen MR) is 77.2 cm³/mol. The number of carbonyl (C=O) groups is 2. The Morgan fingerprint density at radius 3 is 3.00 bits per heavy atom. The van der Waals surface area contributed by atoms with Gasteiger partial charge < -0.3 is 15.0 Å². The molecule has 2 atom stereocenters. The summed E-state index contributed by atoms with van der Waals surface area (Å²) in [5.41, 5.74) is 1.55. The lowest BCUT2D eigenvalue weighted by molar-refractivity contribution is -0.141. The highest BCUT2D eigenvalue weighted by molar-refractivity contribution is 5.80. The lowest BCUT2D eigenvalue weighted by Gasteiger charge is -2.15. The topological polar surface area (TPSA) is 106 Å². The van der Waals surface area contributed by atoms with Crippen molar-refractivity contribution in [3.63, 3.8) is 0 Å². The molecule has 22 heavy (non-hydrogen) atoms. The maximum Gasteiger partial charge on any atom is 0.308 e. The van der Waals surface area contributed by atoms with Crippen LogP contribution in [0.1, 0.15) is 18.9 Å². The van der Waals surface area contributed by atoms with Gasteiger partial charge in [-0.2, -0.15) is 0 Å². The van der Waals surface area contributed by atoms with Crippen LogP contribution in [0, 0.1) is 6.92 Å². The second-order valence-electron chi connectivity index (χ2n) is 5.45. The van der Waals surface area contributed by atoms with Crippen molar-refractivity contribution in [1.29, 1.82) is 0 Å². The third kappa shape index (κ3) is 2.47. The van der Waals surface area contributed by atoms with E-state index in [2.05, 4.69) is 15.3 Å². The molecule has 2 N–H and O–H groups in total. The quantitative estimate of drug-likeness (QED) is 0.767. The van der Waals surface area contributed by atoms with Gasteiger partial charge in [0, 0.05) is 6.20 Å². The molecule has 0 aromatic carbocycles. The summed E-state index contributed by atoms with van der Waals surface area (Å²) in [6, 6.07) is -0.361. The summed E-state index contributed by atoms with van der Waals surface area (Å²) in [5.74, 6) is -0.693. The van der Waals surface area contributed by atoms with Crippen LogP contribution in [0.3, 0.4) is 0 Å². The molecule has 0 spiro atoms. The molecular weight excluding hydrogens is 288 g/mol. The highest BCUT2D eigenvalue weighted by Crippen LogP contribution is 2.14. The number of nitrogens with zero attached hydrogens (tertiary/aromatic N) is 2. The van der Waals surface area contributed by atoms with Gasteiger partial charge in [0.05, 0.1) is 24.3 Å². The van der Waals surface area contributed by atoms with Crippen LogP contribution < -0.4 is 10.9 Å². The van der Waals surface area contributed by atoms with Crippen molar-refractivity contribution in [3.05, 3.63) is 28.4 Å². The number of hydrogen-bond donors (Lipinski definition) is 2. The molecule has 0 radical (unpaired) electrons. The van der Waals surface area contributed by atoms with Gasteiger partial charge in [-0.25, -0.2) is 4.98 Å². The minimum Gasteiger partial charge on any atom is -0.460 e. The van der Waals surface area contributed by atoms with Crippen LogP contribution in [-0.4, -0.2) is 38.6 Å². The molecule has 2 aromatic rings. The first-order chi connectivity index (χ1) is 10.5. The number of amides is 1. The van der Waals surface area contributed by atoms with E-state index in [1.807, 2.05) is 6.92 Å². The highest BCUT2D eigenvalue weighted by atomic mass is 16.6. The summed E-state index contributed by atoms with van der Waals surface area (Å²) < 4.78 is 6.20. The van der Waals surface area contributed by atoms with Crippen molar-refractivity contribution >= 4 is 22.9 Å². The molecule has 3 heterocycles. The first-order valence-electron chi connectivity index (χ1n) is 6.97. The van der Waals surface area contributed by atoms with Crippen molar-refractivity contribution in [1.82, 2.24) is 19.9 Å². The third-order valence-electron chi connectivity index (χ3n) is 3.78. The van der Waals surface area contributed by atoms with Gasteiger partial charge in [0.25, 0.3) is 5.56 Å². The van der Waals surface area contributed by atoms with E-state index in [1.165, 1.54) is 10.9 Å². The molecule has 1 aliphatic heterocycles. The maximum atomic E-state index is 12.3. The second kappa shape index (κ2) is 5.28. The van der Waals surface area contributed by atoms with Crippen molar-refractivity contribution in [2.24, 2.45) is 0 Å². The van der Waals surface area contributed by atoms with E-state index in [0.717, 1.165) is 5.56 Å². The van der Waals surface area contributed by atoms with E-state index < -0.39 is 0 Å². The van der Waals surface area contributed by atoms with Crippen LogP contribution in [0.5, 0.6) is 0 Å². The number of nitrogens with one attached hydrogen (secondary N) is 2. The Hall–Kier alpha value is -2.64. The van der Waals surface area contributed by atoms with Gasteiger partial charge in [0.2, 0.25) is 5.91 Å². The zero-order valence-electron chi connectivity index (χ0n) is 12.3. The van der Waals surface area contributed by atoms with Gasteiger partial charge in [0.15, 0.2) is 0 Å². The number of aromatic amines is 1. The normalized spacial score (nSPS) is 21.1. The molecule has 8 heteroatoms. The van der Waals surface area contributed by atoms with Crippen LogP contribution in [0.15, 0.2) is 17.3 Å². The summed E-state index contributed by atoms with van der Waals surface area (Å²) in [6.07, 6.45) is 2.84. The molecule has 0 saturated carbocycles. The Bertz CT molecular complexity index is 807. The van der Waals surface area contributed by atoms with E-state index >= 15 is 0 Å². The Morgan fingerprint density at radius 2 is 2.32 bits per heavy atom. The highest BCUT2D eigenvalue weighted by Gasteiger charge is 2.32. The molecule has 116 valence electrons. The minimum atomic E-state index is -0.361. The Balaban J connectivity index is 1.76. The van der Waals surface area contributed by atoms with Gasteiger partial charge >= 0.3 is 5.97 Å². The molecule has 8 nitrogen and oxygen atoms in total. The molecular formula is C14H16N4O4. The number of esters is 1. The van der Waals surface area contributed by atoms with Crippen molar-refractivity contribution < 1.29 is 14.3 Å². The van der Waals surface area contributed by atoms with Crippen molar-refractivity contribution in [2.45, 2.75) is 39.0 Å². The number of fused-ring (bicyclic) bond motifs is 1. The standard InChI is InChI=1S/C14H16N4O4/c1-7-4-15-13-12(7)16-6-18(14(13)21)5-10(19)17-9-3-11(20)22-8(9)2/h4,6,8-9,15H,3,5H2,1-2H3,(H,17,19)/t8?,9-/m0/s1. The van der Waals surface area contributed by atoms with Crippen LogP contribution in [0.2, 0.25) is 0 Å². The van der Waals surface area contributed by atoms with E-state index in [0.29, 0.717) is 11.0 Å². The number of hydrogen-bond acceptors (Lipinski definition) is 5. The van der Waals surface area contributed by atoms with E-state index in [-0.39, 0.29) is 42.5 Å². The molecule has 1 amide bonds. The second-order valence-corrected chi connectivity index (χ2v) is 5.45. The number of ether oxygens (including phenoxy) is 1. The van der Waals surface area contributed by atoms with Gasteiger partial charge in [-0.15, -0.1) is 0 Å². The molecule has 1 aliphatic rings. The molecule has 1 unspecified atom stereocenters. The van der Waals surface area contributed by atoms with Crippen LogP contribution in [0.25, 0.3) is 11.0 Å². The minimum absolute atomic E-state index is 0.148. The Morgan fingerprint density at radius 1 is 1.55 bits per heavy atom. The molecule has 1 saturated heterocycles. The average Bonchev–Trinajstić information content (AvgIpc) is 2.97. The summed E-state index contributed by atoms with van der Waals surface area (Å²) in [6.45, 7) is 3.41. The lowest BCUT2D eigenvalue weighted by atomic mass is 10.1. The fraction of sp³-hybridized carbons (Fsp3) is 0.429. The molecule has 3 rings (SSSR count). The van der Waals surface area contributed by atoms with Gasteiger partial charge in [-0.05, 0) is 19.4 Å². The predicted octanol–water partition coefficient (Wildman–Crippen LogP) is -0.147. The number of aryl methyl sites for hydroxylation is 1. The monoisotopic (exact) mass is 304 g/mol. The van der Waals surface area contributed by atoms with Gasteiger partial charge in [-0.1, -0.05) is 0 Å². The smallest absolute Gasteiger partial charge is 0.308 e. The SMILES string of the molecule is Cc1c[nH]c2c(=O)n(CC(=O)N[C@H]3CC(=O)OC3C)cnc12. The zero-order chi connectivity index (χ0) is 15.9. The maximum absolute atomic E-state index is 12.3. The number of carbonyl (C=O) groups excluding carboxylic acids is 2. The van der Waals surface area contributed by atoms with E-state index in [1.54, 1.807) is 13.1 Å². The fourth-order valence-corrected chi connectivity index (χ4v) is 2.54. The van der Waals surface area contributed by atoms with E-state index in [4.69, 9.17) is 4.74 Å². The number of rotatable bonds is 3. The third-order valence-corrected chi connectivity index (χ3v) is 3.78. The molecule has 1 fully saturated rings. The number of cyclic esters (lactones) is 1. The fourth-order valence-electron chi connectivity index (χ4n) is 2.54. The van der Waals surface area contributed by atoms with Crippen molar-refractivity contribution in [2.75, 3.05) is 0 Å². The molecule has 0 bridgehead atoms. The summed E-state index contributed by atoms with van der Waals surface area (Å²) in [7, 11) is 0.